The fourth-order valence-corrected chi connectivity index (χ4v) is 2.05. The van der Waals surface area contributed by atoms with Gasteiger partial charge in [0.25, 0.3) is 0 Å². The van der Waals surface area contributed by atoms with Crippen LogP contribution in [0.3, 0.4) is 0 Å². The molecular formula is C11H15N. The number of fused-ring (bicyclic) bond motifs is 1. The smallest absolute Gasteiger partial charge is 0.0320 e. The zero-order valence-electron chi connectivity index (χ0n) is 7.51. The first-order chi connectivity index (χ1) is 5.92. The topological polar surface area (TPSA) is 12.0 Å². The van der Waals surface area contributed by atoms with Gasteiger partial charge >= 0.3 is 0 Å². The summed E-state index contributed by atoms with van der Waals surface area (Å²) in [5.74, 6) is 0. The highest BCUT2D eigenvalue weighted by molar-refractivity contribution is 5.31. The van der Waals surface area contributed by atoms with Crippen LogP contribution in [0, 0.1) is 0 Å². The van der Waals surface area contributed by atoms with Crippen LogP contribution in [0.2, 0.25) is 0 Å². The molecule has 1 N–H and O–H groups in total. The Morgan fingerprint density at radius 2 is 2.17 bits per heavy atom. The molecule has 12 heavy (non-hydrogen) atoms. The van der Waals surface area contributed by atoms with Gasteiger partial charge in [0.2, 0.25) is 0 Å². The van der Waals surface area contributed by atoms with Gasteiger partial charge in [-0.2, -0.15) is 0 Å². The van der Waals surface area contributed by atoms with E-state index in [1.807, 2.05) is 7.05 Å². The molecule has 0 fully saturated rings. The van der Waals surface area contributed by atoms with E-state index in [-0.39, 0.29) is 0 Å². The number of hydrogen-bond donors (Lipinski definition) is 1. The van der Waals surface area contributed by atoms with Crippen LogP contribution in [0.15, 0.2) is 24.3 Å². The summed E-state index contributed by atoms with van der Waals surface area (Å²) >= 11 is 0. The summed E-state index contributed by atoms with van der Waals surface area (Å²) in [4.78, 5) is 0. The summed E-state index contributed by atoms with van der Waals surface area (Å²) < 4.78 is 0. The van der Waals surface area contributed by atoms with E-state index in [1.165, 1.54) is 30.4 Å². The molecule has 1 aliphatic rings. The average Bonchev–Trinajstić information content (AvgIpc) is 2.17. The lowest BCUT2D eigenvalue weighted by Crippen LogP contribution is -2.21. The number of hydrogen-bond acceptors (Lipinski definition) is 1. The molecule has 64 valence electrons. The SMILES string of the molecule is CNC1CCCc2ccccc21. The second-order valence-corrected chi connectivity index (χ2v) is 3.43. The van der Waals surface area contributed by atoms with Gasteiger partial charge in [0.15, 0.2) is 0 Å². The Kier molecular flexibility index (Phi) is 2.13. The molecule has 0 radical (unpaired) electrons. The van der Waals surface area contributed by atoms with Gasteiger partial charge in [-0.15, -0.1) is 0 Å². The molecule has 0 saturated carbocycles. The summed E-state index contributed by atoms with van der Waals surface area (Å²) in [6.45, 7) is 0. The molecular weight excluding hydrogens is 146 g/mol. The van der Waals surface area contributed by atoms with Gasteiger partial charge in [-0.05, 0) is 37.4 Å². The predicted molar refractivity (Wildman–Crippen MR) is 51.2 cm³/mol. The van der Waals surface area contributed by atoms with E-state index in [4.69, 9.17) is 0 Å². The highest BCUT2D eigenvalue weighted by atomic mass is 14.9. The molecule has 0 bridgehead atoms. The van der Waals surface area contributed by atoms with Crippen molar-refractivity contribution >= 4 is 0 Å². The van der Waals surface area contributed by atoms with Crippen LogP contribution in [0.1, 0.15) is 30.0 Å². The van der Waals surface area contributed by atoms with Gasteiger partial charge in [-0.25, -0.2) is 0 Å². The number of rotatable bonds is 1. The maximum Gasteiger partial charge on any atom is 0.0320 e. The Morgan fingerprint density at radius 1 is 1.33 bits per heavy atom. The van der Waals surface area contributed by atoms with E-state index >= 15 is 0 Å². The van der Waals surface area contributed by atoms with E-state index in [2.05, 4.69) is 29.6 Å². The highest BCUT2D eigenvalue weighted by Crippen LogP contribution is 2.28. The van der Waals surface area contributed by atoms with Crippen LogP contribution in [0.25, 0.3) is 0 Å². The third-order valence-corrected chi connectivity index (χ3v) is 2.72. The third kappa shape index (κ3) is 1.25. The molecule has 0 aliphatic heterocycles. The second kappa shape index (κ2) is 3.28. The van der Waals surface area contributed by atoms with Crippen molar-refractivity contribution in [3.05, 3.63) is 35.4 Å². The van der Waals surface area contributed by atoms with Crippen molar-refractivity contribution in [2.45, 2.75) is 25.3 Å². The fraction of sp³-hybridized carbons (Fsp3) is 0.455. The predicted octanol–water partition coefficient (Wildman–Crippen LogP) is 2.28. The lowest BCUT2D eigenvalue weighted by atomic mass is 9.88. The average molecular weight is 161 g/mol. The van der Waals surface area contributed by atoms with Crippen molar-refractivity contribution in [1.29, 1.82) is 0 Å². The minimum absolute atomic E-state index is 0.593. The van der Waals surface area contributed by atoms with E-state index in [0.717, 1.165) is 0 Å². The largest absolute Gasteiger partial charge is 0.313 e. The first-order valence-corrected chi connectivity index (χ1v) is 4.67. The maximum absolute atomic E-state index is 3.36. The van der Waals surface area contributed by atoms with Crippen molar-refractivity contribution < 1.29 is 0 Å². The molecule has 2 rings (SSSR count). The molecule has 1 aromatic carbocycles. The zero-order valence-corrected chi connectivity index (χ0v) is 7.51. The monoisotopic (exact) mass is 161 g/mol. The van der Waals surface area contributed by atoms with E-state index in [1.54, 1.807) is 0 Å². The maximum atomic E-state index is 3.36. The summed E-state index contributed by atoms with van der Waals surface area (Å²) in [6, 6.07) is 9.36. The number of nitrogens with one attached hydrogen (secondary N) is 1. The molecule has 0 heterocycles. The minimum Gasteiger partial charge on any atom is -0.313 e. The van der Waals surface area contributed by atoms with Crippen LogP contribution in [-0.4, -0.2) is 7.05 Å². The van der Waals surface area contributed by atoms with Crippen LogP contribution in [0.4, 0.5) is 0 Å². The van der Waals surface area contributed by atoms with Gasteiger partial charge in [-0.1, -0.05) is 24.3 Å². The van der Waals surface area contributed by atoms with Crippen molar-refractivity contribution in [2.24, 2.45) is 0 Å². The van der Waals surface area contributed by atoms with Crippen molar-refractivity contribution in [3.63, 3.8) is 0 Å². The van der Waals surface area contributed by atoms with E-state index < -0.39 is 0 Å². The van der Waals surface area contributed by atoms with Crippen LogP contribution in [0.5, 0.6) is 0 Å². The van der Waals surface area contributed by atoms with Crippen LogP contribution < -0.4 is 5.32 Å². The molecule has 1 aliphatic carbocycles. The van der Waals surface area contributed by atoms with Gasteiger partial charge in [-0.3, -0.25) is 0 Å². The summed E-state index contributed by atoms with van der Waals surface area (Å²) in [7, 11) is 2.05. The Labute approximate surface area is 73.8 Å². The lowest BCUT2D eigenvalue weighted by molar-refractivity contribution is 0.496. The van der Waals surface area contributed by atoms with Crippen LogP contribution >= 0.6 is 0 Å². The summed E-state index contributed by atoms with van der Waals surface area (Å²) in [5, 5.41) is 3.36. The van der Waals surface area contributed by atoms with Gasteiger partial charge in [0.05, 0.1) is 0 Å². The fourth-order valence-electron chi connectivity index (χ4n) is 2.05. The number of aryl methyl sites for hydroxylation is 1. The Bertz CT molecular complexity index is 267. The Hall–Kier alpha value is -0.820. The molecule has 1 heteroatoms. The molecule has 1 atom stereocenters. The van der Waals surface area contributed by atoms with Gasteiger partial charge in [0.1, 0.15) is 0 Å². The third-order valence-electron chi connectivity index (χ3n) is 2.72. The molecule has 0 spiro atoms. The lowest BCUT2D eigenvalue weighted by Gasteiger charge is -2.24. The molecule has 0 aromatic heterocycles. The molecule has 1 nitrogen and oxygen atoms in total. The molecule has 0 amide bonds. The quantitative estimate of drug-likeness (QED) is 0.666. The molecule has 0 saturated heterocycles. The molecule has 1 unspecified atom stereocenters. The summed E-state index contributed by atoms with van der Waals surface area (Å²) in [6.07, 6.45) is 3.87. The normalized spacial score (nSPS) is 21.9. The highest BCUT2D eigenvalue weighted by Gasteiger charge is 2.16. The first kappa shape index (κ1) is 7.81. The van der Waals surface area contributed by atoms with Gasteiger partial charge in [0, 0.05) is 6.04 Å². The van der Waals surface area contributed by atoms with E-state index in [9.17, 15) is 0 Å². The number of benzene rings is 1. The zero-order chi connectivity index (χ0) is 8.39. The van der Waals surface area contributed by atoms with E-state index in [0.29, 0.717) is 6.04 Å². The Morgan fingerprint density at radius 3 is 3.00 bits per heavy atom. The van der Waals surface area contributed by atoms with Crippen molar-refractivity contribution in [2.75, 3.05) is 7.05 Å². The summed E-state index contributed by atoms with van der Waals surface area (Å²) in [5.41, 5.74) is 3.04. The second-order valence-electron chi connectivity index (χ2n) is 3.43. The van der Waals surface area contributed by atoms with Crippen molar-refractivity contribution in [1.82, 2.24) is 5.32 Å². The van der Waals surface area contributed by atoms with Gasteiger partial charge < -0.3 is 5.32 Å². The molecule has 1 aromatic rings. The standard InChI is InChI=1S/C11H15N/c1-12-11-8-4-6-9-5-2-3-7-10(9)11/h2-3,5,7,11-12H,4,6,8H2,1H3. The van der Waals surface area contributed by atoms with Crippen LogP contribution in [-0.2, 0) is 6.42 Å². The first-order valence-electron chi connectivity index (χ1n) is 4.67. The minimum atomic E-state index is 0.593. The van der Waals surface area contributed by atoms with Crippen molar-refractivity contribution in [3.8, 4) is 0 Å². The Balaban J connectivity index is 2.37.